The zero-order chi connectivity index (χ0) is 12.8. The number of aryl methyl sites for hydroxylation is 1. The fourth-order valence-corrected chi connectivity index (χ4v) is 1.62. The Morgan fingerprint density at radius 2 is 2.12 bits per heavy atom. The number of furan rings is 1. The van der Waals surface area contributed by atoms with Crippen molar-refractivity contribution in [1.82, 2.24) is 4.90 Å². The first-order valence-corrected chi connectivity index (χ1v) is 6.01. The van der Waals surface area contributed by atoms with E-state index >= 15 is 0 Å². The molecule has 4 heteroatoms. The van der Waals surface area contributed by atoms with Gasteiger partial charge in [-0.1, -0.05) is 0 Å². The van der Waals surface area contributed by atoms with Crippen molar-refractivity contribution in [2.45, 2.75) is 39.5 Å². The Hall–Kier alpha value is -0.840. The fourth-order valence-electron chi connectivity index (χ4n) is 1.62. The highest BCUT2D eigenvalue weighted by atomic mass is 16.5. The first-order valence-electron chi connectivity index (χ1n) is 6.01. The van der Waals surface area contributed by atoms with Gasteiger partial charge in [-0.2, -0.15) is 0 Å². The van der Waals surface area contributed by atoms with E-state index in [9.17, 15) is 5.11 Å². The van der Waals surface area contributed by atoms with Crippen LogP contribution in [0, 0.1) is 6.92 Å². The molecule has 0 spiro atoms. The average Bonchev–Trinajstić information content (AvgIpc) is 2.60. The highest BCUT2D eigenvalue weighted by molar-refractivity contribution is 5.05. The Morgan fingerprint density at radius 3 is 2.65 bits per heavy atom. The molecule has 0 aliphatic rings. The third-order valence-electron chi connectivity index (χ3n) is 2.37. The minimum atomic E-state index is -0.460. The first-order chi connectivity index (χ1) is 7.97. The van der Waals surface area contributed by atoms with Crippen LogP contribution in [0.2, 0.25) is 0 Å². The van der Waals surface area contributed by atoms with Crippen molar-refractivity contribution in [3.63, 3.8) is 0 Å². The Labute approximate surface area is 103 Å². The summed E-state index contributed by atoms with van der Waals surface area (Å²) in [5.41, 5.74) is 0. The van der Waals surface area contributed by atoms with E-state index in [1.807, 2.05) is 44.9 Å². The summed E-state index contributed by atoms with van der Waals surface area (Å²) < 4.78 is 10.8. The highest BCUT2D eigenvalue weighted by Gasteiger charge is 2.11. The number of hydrogen-bond donors (Lipinski definition) is 1. The zero-order valence-electron chi connectivity index (χ0n) is 11.1. The molecule has 0 saturated carbocycles. The molecule has 1 aromatic heterocycles. The van der Waals surface area contributed by atoms with Crippen LogP contribution in [0.3, 0.4) is 0 Å². The molecule has 0 fully saturated rings. The molecule has 0 aliphatic carbocycles. The molecule has 1 heterocycles. The molecule has 0 aromatic carbocycles. The van der Waals surface area contributed by atoms with E-state index in [1.54, 1.807) is 0 Å². The summed E-state index contributed by atoms with van der Waals surface area (Å²) in [4.78, 5) is 2.02. The van der Waals surface area contributed by atoms with E-state index in [0.29, 0.717) is 19.7 Å². The zero-order valence-corrected chi connectivity index (χ0v) is 11.1. The van der Waals surface area contributed by atoms with Gasteiger partial charge in [0.2, 0.25) is 0 Å². The molecule has 0 aliphatic heterocycles. The van der Waals surface area contributed by atoms with E-state index in [-0.39, 0.29) is 6.10 Å². The highest BCUT2D eigenvalue weighted by Crippen LogP contribution is 2.08. The first kappa shape index (κ1) is 14.2. The summed E-state index contributed by atoms with van der Waals surface area (Å²) in [6.07, 6.45) is -0.305. The Kier molecular flexibility index (Phi) is 5.68. The summed E-state index contributed by atoms with van der Waals surface area (Å²) in [5.74, 6) is 1.83. The number of ether oxygens (including phenoxy) is 1. The van der Waals surface area contributed by atoms with Gasteiger partial charge in [0.15, 0.2) is 0 Å². The summed E-state index contributed by atoms with van der Waals surface area (Å²) in [6.45, 7) is 7.50. The smallest absolute Gasteiger partial charge is 0.118 e. The van der Waals surface area contributed by atoms with Crippen molar-refractivity contribution in [2.75, 3.05) is 20.2 Å². The van der Waals surface area contributed by atoms with E-state index in [1.165, 1.54) is 0 Å². The molecule has 1 N–H and O–H groups in total. The molecule has 1 rings (SSSR count). The maximum atomic E-state index is 9.75. The third kappa shape index (κ3) is 5.86. The average molecular weight is 241 g/mol. The molecule has 0 amide bonds. The molecule has 4 nitrogen and oxygen atoms in total. The fraction of sp³-hybridized carbons (Fsp3) is 0.692. The predicted octanol–water partition coefficient (Wildman–Crippen LogP) is 1.81. The lowest BCUT2D eigenvalue weighted by Gasteiger charge is -2.20. The van der Waals surface area contributed by atoms with Gasteiger partial charge in [0.1, 0.15) is 11.5 Å². The van der Waals surface area contributed by atoms with Crippen LogP contribution in [0.15, 0.2) is 16.5 Å². The number of likely N-dealkylation sites (N-methyl/N-ethyl adjacent to an activating group) is 1. The van der Waals surface area contributed by atoms with Crippen LogP contribution in [-0.2, 0) is 11.3 Å². The van der Waals surface area contributed by atoms with Gasteiger partial charge < -0.3 is 14.3 Å². The number of rotatable bonds is 7. The lowest BCUT2D eigenvalue weighted by atomic mass is 10.3. The van der Waals surface area contributed by atoms with Crippen molar-refractivity contribution in [1.29, 1.82) is 0 Å². The normalized spacial score (nSPS) is 13.6. The van der Waals surface area contributed by atoms with Gasteiger partial charge in [-0.3, -0.25) is 4.90 Å². The van der Waals surface area contributed by atoms with Crippen molar-refractivity contribution in [3.05, 3.63) is 23.7 Å². The van der Waals surface area contributed by atoms with Crippen LogP contribution in [0.5, 0.6) is 0 Å². The number of aliphatic hydroxyl groups excluding tert-OH is 1. The largest absolute Gasteiger partial charge is 0.465 e. The molecule has 17 heavy (non-hydrogen) atoms. The summed E-state index contributed by atoms with van der Waals surface area (Å²) in [6, 6.07) is 3.91. The minimum absolute atomic E-state index is 0.155. The molecule has 0 bridgehead atoms. The molecule has 1 atom stereocenters. The lowest BCUT2D eigenvalue weighted by Crippen LogP contribution is -2.32. The Balaban J connectivity index is 2.26. The summed E-state index contributed by atoms with van der Waals surface area (Å²) in [5, 5.41) is 9.75. The van der Waals surface area contributed by atoms with E-state index in [0.717, 1.165) is 11.5 Å². The predicted molar refractivity (Wildman–Crippen MR) is 66.9 cm³/mol. The van der Waals surface area contributed by atoms with Crippen LogP contribution in [0.1, 0.15) is 25.4 Å². The van der Waals surface area contributed by atoms with Crippen molar-refractivity contribution < 1.29 is 14.3 Å². The van der Waals surface area contributed by atoms with Gasteiger partial charge in [0.05, 0.1) is 25.4 Å². The topological polar surface area (TPSA) is 45.8 Å². The minimum Gasteiger partial charge on any atom is -0.465 e. The van der Waals surface area contributed by atoms with Gasteiger partial charge in [0.25, 0.3) is 0 Å². The van der Waals surface area contributed by atoms with Crippen molar-refractivity contribution in [3.8, 4) is 0 Å². The molecule has 0 saturated heterocycles. The van der Waals surface area contributed by atoms with E-state index in [4.69, 9.17) is 9.15 Å². The van der Waals surface area contributed by atoms with Crippen LogP contribution in [0.25, 0.3) is 0 Å². The maximum Gasteiger partial charge on any atom is 0.118 e. The molecular weight excluding hydrogens is 218 g/mol. The van der Waals surface area contributed by atoms with Crippen LogP contribution < -0.4 is 0 Å². The maximum absolute atomic E-state index is 9.75. The lowest BCUT2D eigenvalue weighted by molar-refractivity contribution is -0.00691. The second kappa shape index (κ2) is 6.79. The van der Waals surface area contributed by atoms with Crippen LogP contribution in [-0.4, -0.2) is 42.4 Å². The SMILES string of the molecule is Cc1ccc(CN(C)CC(O)COC(C)C)o1. The second-order valence-electron chi connectivity index (χ2n) is 4.75. The Morgan fingerprint density at radius 1 is 1.41 bits per heavy atom. The molecule has 0 radical (unpaired) electrons. The van der Waals surface area contributed by atoms with Gasteiger partial charge in [-0.15, -0.1) is 0 Å². The molecule has 1 aromatic rings. The van der Waals surface area contributed by atoms with Gasteiger partial charge in [-0.05, 0) is 40.0 Å². The number of hydrogen-bond acceptors (Lipinski definition) is 4. The van der Waals surface area contributed by atoms with Crippen molar-refractivity contribution >= 4 is 0 Å². The summed E-state index contributed by atoms with van der Waals surface area (Å²) >= 11 is 0. The van der Waals surface area contributed by atoms with Gasteiger partial charge >= 0.3 is 0 Å². The molecule has 98 valence electrons. The van der Waals surface area contributed by atoms with E-state index in [2.05, 4.69) is 0 Å². The number of aliphatic hydroxyl groups is 1. The number of nitrogens with zero attached hydrogens (tertiary/aromatic N) is 1. The molecular formula is C13H23NO3. The monoisotopic (exact) mass is 241 g/mol. The van der Waals surface area contributed by atoms with Crippen LogP contribution >= 0.6 is 0 Å². The molecule has 1 unspecified atom stereocenters. The quantitative estimate of drug-likeness (QED) is 0.790. The second-order valence-corrected chi connectivity index (χ2v) is 4.75. The summed E-state index contributed by atoms with van der Waals surface area (Å²) in [7, 11) is 1.95. The third-order valence-corrected chi connectivity index (χ3v) is 2.37. The van der Waals surface area contributed by atoms with Gasteiger partial charge in [0, 0.05) is 6.54 Å². The van der Waals surface area contributed by atoms with E-state index < -0.39 is 6.10 Å². The van der Waals surface area contributed by atoms with Crippen LogP contribution in [0.4, 0.5) is 0 Å². The van der Waals surface area contributed by atoms with Crippen molar-refractivity contribution in [2.24, 2.45) is 0 Å². The Bertz CT molecular complexity index is 322. The standard InChI is InChI=1S/C13H23NO3/c1-10(2)16-9-12(15)7-14(4)8-13-6-5-11(3)17-13/h5-6,10,12,15H,7-9H2,1-4H3. The van der Waals surface area contributed by atoms with Gasteiger partial charge in [-0.25, -0.2) is 0 Å².